The topological polar surface area (TPSA) is 202 Å². The van der Waals surface area contributed by atoms with Gasteiger partial charge in [0, 0.05) is 0 Å². The first-order valence-corrected chi connectivity index (χ1v) is 13.5. The highest BCUT2D eigenvalue weighted by Crippen LogP contribution is 2.31. The molecule has 0 atom stereocenters. The van der Waals surface area contributed by atoms with E-state index in [4.69, 9.17) is 9.47 Å². The van der Waals surface area contributed by atoms with Crippen LogP contribution in [0.1, 0.15) is 153 Å². The van der Waals surface area contributed by atoms with E-state index in [0.29, 0.717) is 25.7 Å². The molecule has 0 heterocycles. The average molecular weight is 567 g/mol. The van der Waals surface area contributed by atoms with Crippen molar-refractivity contribution < 1.29 is 58.7 Å². The Labute approximate surface area is 232 Å². The Hall–Kier alpha value is -3.96. The third-order valence-electron chi connectivity index (χ3n) is 6.23. The number of carbonyl (C=O) groups is 6. The third-order valence-corrected chi connectivity index (χ3v) is 6.23. The summed E-state index contributed by atoms with van der Waals surface area (Å²) in [6.07, 6.45) is 9.86. The number of esters is 2. The predicted molar refractivity (Wildman–Crippen MR) is 142 cm³/mol. The molecule has 0 saturated heterocycles. The van der Waals surface area contributed by atoms with Gasteiger partial charge in [0.05, 0.1) is 46.6 Å². The zero-order valence-electron chi connectivity index (χ0n) is 23.0. The highest BCUT2D eigenvalue weighted by Gasteiger charge is 2.41. The fourth-order valence-electron chi connectivity index (χ4n) is 4.25. The van der Waals surface area contributed by atoms with E-state index in [1.54, 1.807) is 0 Å². The summed E-state index contributed by atoms with van der Waals surface area (Å²) in [5.74, 6) is -11.3. The molecule has 0 radical (unpaired) electrons. The van der Waals surface area contributed by atoms with Crippen LogP contribution in [0.2, 0.25) is 0 Å². The molecular weight excluding hydrogens is 528 g/mol. The summed E-state index contributed by atoms with van der Waals surface area (Å²) >= 11 is 0. The van der Waals surface area contributed by atoms with E-state index in [1.807, 2.05) is 6.92 Å². The zero-order valence-corrected chi connectivity index (χ0v) is 23.0. The Morgan fingerprint density at radius 2 is 0.675 bits per heavy atom. The zero-order chi connectivity index (χ0) is 30.2. The average Bonchev–Trinajstić information content (AvgIpc) is 2.89. The summed E-state index contributed by atoms with van der Waals surface area (Å²) in [5.41, 5.74) is -8.01. The fourth-order valence-corrected chi connectivity index (χ4v) is 4.25. The van der Waals surface area contributed by atoms with Crippen molar-refractivity contribution in [2.24, 2.45) is 0 Å². The van der Waals surface area contributed by atoms with Crippen molar-refractivity contribution in [2.75, 3.05) is 13.2 Å². The van der Waals surface area contributed by atoms with Crippen LogP contribution in [0, 0.1) is 0 Å². The van der Waals surface area contributed by atoms with Gasteiger partial charge in [-0.3, -0.25) is 0 Å². The number of unbranched alkanes of at least 4 members (excludes halogenated alkanes) is 10. The second-order valence-corrected chi connectivity index (χ2v) is 9.28. The molecule has 1 aromatic rings. The molecule has 1 rings (SSSR count). The molecule has 222 valence electrons. The molecule has 0 aromatic heterocycles. The monoisotopic (exact) mass is 566 g/mol. The molecule has 4 N–H and O–H groups in total. The summed E-state index contributed by atoms with van der Waals surface area (Å²) in [4.78, 5) is 74.6. The van der Waals surface area contributed by atoms with Crippen LogP contribution in [0.3, 0.4) is 0 Å². The van der Waals surface area contributed by atoms with Gasteiger partial charge in [0.25, 0.3) is 0 Å². The van der Waals surface area contributed by atoms with Crippen LogP contribution < -0.4 is 0 Å². The lowest BCUT2D eigenvalue weighted by atomic mass is 9.86. The molecule has 0 fully saturated rings. The lowest BCUT2D eigenvalue weighted by Crippen LogP contribution is -2.29. The quantitative estimate of drug-likeness (QED) is 0.114. The smallest absolute Gasteiger partial charge is 0.339 e. The first-order valence-electron chi connectivity index (χ1n) is 13.5. The Morgan fingerprint density at radius 1 is 0.425 bits per heavy atom. The molecule has 0 unspecified atom stereocenters. The maximum absolute atomic E-state index is 13.1. The molecular formula is C28H38O12. The minimum absolute atomic E-state index is 0.219. The van der Waals surface area contributed by atoms with Crippen LogP contribution in [0.4, 0.5) is 0 Å². The number of carboxylic acid groups (broad SMARTS) is 4. The number of aromatic carboxylic acids is 4. The van der Waals surface area contributed by atoms with Crippen molar-refractivity contribution in [2.45, 2.75) is 90.9 Å². The maximum Gasteiger partial charge on any atom is 0.339 e. The van der Waals surface area contributed by atoms with Crippen molar-refractivity contribution in [3.05, 3.63) is 33.4 Å². The molecule has 0 aliphatic rings. The first-order chi connectivity index (χ1) is 19.0. The molecule has 0 aliphatic carbocycles. The maximum atomic E-state index is 13.1. The van der Waals surface area contributed by atoms with Gasteiger partial charge in [0.1, 0.15) is 0 Å². The Bertz CT molecular complexity index is 1090. The minimum Gasteiger partial charge on any atom is -0.478 e. The number of benzene rings is 1. The van der Waals surface area contributed by atoms with E-state index < -0.39 is 69.2 Å². The Morgan fingerprint density at radius 3 is 0.950 bits per heavy atom. The largest absolute Gasteiger partial charge is 0.478 e. The summed E-state index contributed by atoms with van der Waals surface area (Å²) in [6, 6.07) is 0. The van der Waals surface area contributed by atoms with Gasteiger partial charge >= 0.3 is 35.8 Å². The Balaban J connectivity index is 3.56. The molecule has 1 aromatic carbocycles. The summed E-state index contributed by atoms with van der Waals surface area (Å²) in [5, 5.41) is 39.0. The van der Waals surface area contributed by atoms with Gasteiger partial charge in [-0.05, 0) is 12.8 Å². The van der Waals surface area contributed by atoms with Gasteiger partial charge < -0.3 is 29.9 Å². The number of hydrogen-bond acceptors (Lipinski definition) is 8. The highest BCUT2D eigenvalue weighted by atomic mass is 16.5. The molecule has 0 spiro atoms. The van der Waals surface area contributed by atoms with Crippen LogP contribution >= 0.6 is 0 Å². The number of rotatable bonds is 20. The second kappa shape index (κ2) is 17.6. The van der Waals surface area contributed by atoms with Crippen molar-refractivity contribution in [1.82, 2.24) is 0 Å². The van der Waals surface area contributed by atoms with Gasteiger partial charge in [0.15, 0.2) is 0 Å². The molecule has 12 nitrogen and oxygen atoms in total. The van der Waals surface area contributed by atoms with Crippen LogP contribution in [0.25, 0.3) is 0 Å². The van der Waals surface area contributed by atoms with E-state index in [0.717, 1.165) is 51.4 Å². The number of carbonyl (C=O) groups excluding carboxylic acids is 2. The van der Waals surface area contributed by atoms with E-state index in [1.165, 1.54) is 0 Å². The van der Waals surface area contributed by atoms with Gasteiger partial charge in [-0.2, -0.15) is 0 Å². The lowest BCUT2D eigenvalue weighted by Gasteiger charge is -2.19. The van der Waals surface area contributed by atoms with Gasteiger partial charge in [0.2, 0.25) is 0 Å². The molecule has 0 bridgehead atoms. The van der Waals surface area contributed by atoms with E-state index in [9.17, 15) is 49.2 Å². The van der Waals surface area contributed by atoms with Gasteiger partial charge in [-0.25, -0.2) is 28.8 Å². The Kier molecular flexibility index (Phi) is 15.0. The van der Waals surface area contributed by atoms with E-state index in [-0.39, 0.29) is 13.2 Å². The standard InChI is InChI=1S/C28H38O12/c1-3-5-7-9-10-12-14-16-40-28(38)22-20(26(35)36)18(24(31)32)17(23(29)30)19(25(33)34)21(22)27(37)39-15-13-11-8-6-4-2/h3-16H2,1-2H3,(H,29,30)(H,31,32)(H,33,34)(H,35,36). The molecule has 12 heteroatoms. The van der Waals surface area contributed by atoms with Crippen LogP contribution in [0.15, 0.2) is 0 Å². The third kappa shape index (κ3) is 9.65. The van der Waals surface area contributed by atoms with Crippen molar-refractivity contribution in [3.63, 3.8) is 0 Å². The van der Waals surface area contributed by atoms with E-state index >= 15 is 0 Å². The number of hydrogen-bond donors (Lipinski definition) is 4. The first kappa shape index (κ1) is 34.1. The van der Waals surface area contributed by atoms with Crippen LogP contribution in [-0.2, 0) is 9.47 Å². The van der Waals surface area contributed by atoms with Gasteiger partial charge in [-0.15, -0.1) is 0 Å². The summed E-state index contributed by atoms with van der Waals surface area (Å²) < 4.78 is 10.2. The summed E-state index contributed by atoms with van der Waals surface area (Å²) in [6.45, 7) is 3.64. The fraction of sp³-hybridized carbons (Fsp3) is 0.571. The van der Waals surface area contributed by atoms with Crippen LogP contribution in [-0.4, -0.2) is 69.5 Å². The lowest BCUT2D eigenvalue weighted by molar-refractivity contribution is 0.0438. The predicted octanol–water partition coefficient (Wildman–Crippen LogP) is 5.51. The van der Waals surface area contributed by atoms with Crippen molar-refractivity contribution >= 4 is 35.8 Å². The van der Waals surface area contributed by atoms with Gasteiger partial charge in [-0.1, -0.05) is 78.1 Å². The molecule has 40 heavy (non-hydrogen) atoms. The van der Waals surface area contributed by atoms with E-state index in [2.05, 4.69) is 6.92 Å². The van der Waals surface area contributed by atoms with Crippen molar-refractivity contribution in [3.8, 4) is 0 Å². The number of ether oxygens (including phenoxy) is 2. The van der Waals surface area contributed by atoms with Crippen LogP contribution in [0.5, 0.6) is 0 Å². The molecule has 0 amide bonds. The molecule has 0 saturated carbocycles. The summed E-state index contributed by atoms with van der Waals surface area (Å²) in [7, 11) is 0. The minimum atomic E-state index is -2.12. The number of carboxylic acids is 4. The normalized spacial score (nSPS) is 10.7. The second-order valence-electron chi connectivity index (χ2n) is 9.28. The molecule has 0 aliphatic heterocycles. The van der Waals surface area contributed by atoms with Crippen molar-refractivity contribution in [1.29, 1.82) is 0 Å². The SMILES string of the molecule is CCCCCCCCCOC(=O)c1c(C(=O)O)c(C(=O)O)c(C(=O)O)c(C(=O)O)c1C(=O)OCCCCCCC. The highest BCUT2D eigenvalue weighted by molar-refractivity contribution is 6.23.